The summed E-state index contributed by atoms with van der Waals surface area (Å²) < 4.78 is 46.2. The molecule has 0 aliphatic heterocycles. The van der Waals surface area contributed by atoms with Crippen molar-refractivity contribution >= 4 is 5.91 Å². The number of benzene rings is 2. The van der Waals surface area contributed by atoms with Gasteiger partial charge in [0.1, 0.15) is 11.5 Å². The lowest BCUT2D eigenvalue weighted by atomic mass is 10.2. The number of halogens is 3. The third kappa shape index (κ3) is 7.15. The van der Waals surface area contributed by atoms with Crippen molar-refractivity contribution in [1.29, 1.82) is 0 Å². The standard InChI is InChI=1S/C18H18F3NO3/c1-13-3-2-4-16(9-13)24-11-17(23)22-10-14-5-7-15(8-6-14)25-12-18(19,20)21/h2-9H,10-12H2,1H3,(H,22,23). The van der Waals surface area contributed by atoms with Gasteiger partial charge in [-0.1, -0.05) is 24.3 Å². The molecule has 1 N–H and O–H groups in total. The minimum absolute atomic E-state index is 0.115. The number of nitrogens with one attached hydrogen (secondary N) is 1. The molecule has 0 radical (unpaired) electrons. The molecule has 1 amide bonds. The molecule has 134 valence electrons. The first-order valence-corrected chi connectivity index (χ1v) is 7.56. The second kappa shape index (κ2) is 8.41. The van der Waals surface area contributed by atoms with Crippen molar-refractivity contribution in [2.24, 2.45) is 0 Å². The number of amides is 1. The molecule has 0 bridgehead atoms. The highest BCUT2D eigenvalue weighted by Gasteiger charge is 2.28. The van der Waals surface area contributed by atoms with Gasteiger partial charge in [-0.05, 0) is 42.3 Å². The molecule has 0 unspecified atom stereocenters. The Morgan fingerprint density at radius 1 is 1.04 bits per heavy atom. The van der Waals surface area contributed by atoms with Gasteiger partial charge in [-0.25, -0.2) is 0 Å². The zero-order chi connectivity index (χ0) is 18.3. The number of carbonyl (C=O) groups is 1. The summed E-state index contributed by atoms with van der Waals surface area (Å²) in [7, 11) is 0. The molecule has 0 heterocycles. The molecule has 0 atom stereocenters. The molecule has 0 aromatic heterocycles. The maximum Gasteiger partial charge on any atom is 0.422 e. The highest BCUT2D eigenvalue weighted by atomic mass is 19.4. The van der Waals surface area contributed by atoms with Gasteiger partial charge < -0.3 is 14.8 Å². The largest absolute Gasteiger partial charge is 0.484 e. The zero-order valence-electron chi connectivity index (χ0n) is 13.6. The van der Waals surface area contributed by atoms with E-state index in [9.17, 15) is 18.0 Å². The van der Waals surface area contributed by atoms with Crippen LogP contribution in [0.4, 0.5) is 13.2 Å². The lowest BCUT2D eigenvalue weighted by Gasteiger charge is -2.10. The molecule has 0 saturated heterocycles. The van der Waals surface area contributed by atoms with Gasteiger partial charge in [0.2, 0.25) is 0 Å². The summed E-state index contributed by atoms with van der Waals surface area (Å²) in [5.74, 6) is 0.440. The van der Waals surface area contributed by atoms with E-state index in [4.69, 9.17) is 4.74 Å². The number of ether oxygens (including phenoxy) is 2. The first kappa shape index (κ1) is 18.6. The fraction of sp³-hybridized carbons (Fsp3) is 0.278. The normalized spacial score (nSPS) is 11.0. The Kier molecular flexibility index (Phi) is 6.27. The molecule has 2 rings (SSSR count). The molecule has 0 fully saturated rings. The molecule has 0 aliphatic carbocycles. The van der Waals surface area contributed by atoms with Crippen LogP contribution in [0.5, 0.6) is 11.5 Å². The van der Waals surface area contributed by atoms with E-state index in [2.05, 4.69) is 10.1 Å². The fourth-order valence-electron chi connectivity index (χ4n) is 1.97. The summed E-state index contributed by atoms with van der Waals surface area (Å²) in [6.07, 6.45) is -4.37. The molecule has 0 saturated carbocycles. The number of aryl methyl sites for hydroxylation is 1. The van der Waals surface area contributed by atoms with Crippen molar-refractivity contribution in [3.05, 3.63) is 59.7 Å². The van der Waals surface area contributed by atoms with Crippen LogP contribution in [0.2, 0.25) is 0 Å². The van der Waals surface area contributed by atoms with Crippen molar-refractivity contribution in [1.82, 2.24) is 5.32 Å². The Labute approximate surface area is 143 Å². The van der Waals surface area contributed by atoms with Crippen molar-refractivity contribution in [2.75, 3.05) is 13.2 Å². The Hall–Kier alpha value is -2.70. The summed E-state index contributed by atoms with van der Waals surface area (Å²) in [5, 5.41) is 2.67. The van der Waals surface area contributed by atoms with Gasteiger partial charge in [-0.15, -0.1) is 0 Å². The summed E-state index contributed by atoms with van der Waals surface area (Å²) in [5.41, 5.74) is 1.77. The Morgan fingerprint density at radius 2 is 1.76 bits per heavy atom. The summed E-state index contributed by atoms with van der Waals surface area (Å²) in [6, 6.07) is 13.4. The van der Waals surface area contributed by atoms with E-state index < -0.39 is 12.8 Å². The molecule has 25 heavy (non-hydrogen) atoms. The summed E-state index contributed by atoms with van der Waals surface area (Å²) in [4.78, 5) is 11.8. The zero-order valence-corrected chi connectivity index (χ0v) is 13.6. The van der Waals surface area contributed by atoms with E-state index in [0.29, 0.717) is 5.75 Å². The summed E-state index contributed by atoms with van der Waals surface area (Å²) in [6.45, 7) is 0.722. The van der Waals surface area contributed by atoms with E-state index in [1.165, 1.54) is 12.1 Å². The van der Waals surface area contributed by atoms with Crippen molar-refractivity contribution in [2.45, 2.75) is 19.6 Å². The Morgan fingerprint density at radius 3 is 2.40 bits per heavy atom. The molecule has 0 aliphatic rings. The van der Waals surface area contributed by atoms with Gasteiger partial charge in [0.05, 0.1) is 0 Å². The molecule has 2 aromatic carbocycles. The van der Waals surface area contributed by atoms with Crippen LogP contribution in [-0.2, 0) is 11.3 Å². The van der Waals surface area contributed by atoms with Crippen LogP contribution in [0.15, 0.2) is 48.5 Å². The topological polar surface area (TPSA) is 47.6 Å². The minimum atomic E-state index is -4.37. The van der Waals surface area contributed by atoms with Crippen molar-refractivity contribution in [3.63, 3.8) is 0 Å². The monoisotopic (exact) mass is 353 g/mol. The van der Waals surface area contributed by atoms with Gasteiger partial charge in [-0.2, -0.15) is 13.2 Å². The van der Waals surface area contributed by atoms with Crippen LogP contribution in [0, 0.1) is 6.92 Å². The average molecular weight is 353 g/mol. The van der Waals surface area contributed by atoms with Crippen LogP contribution < -0.4 is 14.8 Å². The fourth-order valence-corrected chi connectivity index (χ4v) is 1.97. The van der Waals surface area contributed by atoms with E-state index in [1.807, 2.05) is 25.1 Å². The Bertz CT molecular complexity index is 699. The number of rotatable bonds is 7. The van der Waals surface area contributed by atoms with Crippen LogP contribution >= 0.6 is 0 Å². The van der Waals surface area contributed by atoms with Crippen molar-refractivity contribution in [3.8, 4) is 11.5 Å². The SMILES string of the molecule is Cc1cccc(OCC(=O)NCc2ccc(OCC(F)(F)F)cc2)c1. The highest BCUT2D eigenvalue weighted by molar-refractivity contribution is 5.77. The second-order valence-electron chi connectivity index (χ2n) is 5.43. The van der Waals surface area contributed by atoms with Gasteiger partial charge >= 0.3 is 6.18 Å². The molecule has 2 aromatic rings. The Balaban J connectivity index is 1.74. The maximum atomic E-state index is 12.1. The van der Waals surface area contributed by atoms with Crippen LogP contribution in [0.25, 0.3) is 0 Å². The lowest BCUT2D eigenvalue weighted by molar-refractivity contribution is -0.153. The maximum absolute atomic E-state index is 12.1. The molecule has 4 nitrogen and oxygen atoms in total. The van der Waals surface area contributed by atoms with Crippen LogP contribution in [0.3, 0.4) is 0 Å². The number of hydrogen-bond acceptors (Lipinski definition) is 3. The smallest absolute Gasteiger partial charge is 0.422 e. The first-order chi connectivity index (χ1) is 11.8. The van der Waals surface area contributed by atoms with Gasteiger partial charge in [0.25, 0.3) is 5.91 Å². The predicted octanol–water partition coefficient (Wildman–Crippen LogP) is 3.63. The van der Waals surface area contributed by atoms with E-state index in [-0.39, 0.29) is 24.8 Å². The quantitative estimate of drug-likeness (QED) is 0.827. The third-order valence-corrected chi connectivity index (χ3v) is 3.17. The van der Waals surface area contributed by atoms with Crippen LogP contribution in [-0.4, -0.2) is 25.3 Å². The summed E-state index contributed by atoms with van der Waals surface area (Å²) >= 11 is 0. The number of alkyl halides is 3. The number of carbonyl (C=O) groups excluding carboxylic acids is 1. The van der Waals surface area contributed by atoms with Crippen molar-refractivity contribution < 1.29 is 27.4 Å². The molecular formula is C18H18F3NO3. The van der Waals surface area contributed by atoms with E-state index >= 15 is 0 Å². The number of hydrogen-bond donors (Lipinski definition) is 1. The van der Waals surface area contributed by atoms with Crippen LogP contribution in [0.1, 0.15) is 11.1 Å². The molecule has 7 heteroatoms. The lowest BCUT2D eigenvalue weighted by Crippen LogP contribution is -2.28. The predicted molar refractivity (Wildman–Crippen MR) is 86.5 cm³/mol. The van der Waals surface area contributed by atoms with Gasteiger partial charge in [0, 0.05) is 6.54 Å². The minimum Gasteiger partial charge on any atom is -0.484 e. The highest BCUT2D eigenvalue weighted by Crippen LogP contribution is 2.18. The third-order valence-electron chi connectivity index (χ3n) is 3.17. The first-order valence-electron chi connectivity index (χ1n) is 7.56. The average Bonchev–Trinajstić information content (AvgIpc) is 2.56. The van der Waals surface area contributed by atoms with Gasteiger partial charge in [0.15, 0.2) is 13.2 Å². The van der Waals surface area contributed by atoms with E-state index in [0.717, 1.165) is 11.1 Å². The molecular weight excluding hydrogens is 335 g/mol. The second-order valence-corrected chi connectivity index (χ2v) is 5.43. The van der Waals surface area contributed by atoms with Gasteiger partial charge in [-0.3, -0.25) is 4.79 Å². The molecule has 0 spiro atoms. The van der Waals surface area contributed by atoms with E-state index in [1.54, 1.807) is 18.2 Å².